The zero-order chi connectivity index (χ0) is 18.1. The van der Waals surface area contributed by atoms with Crippen LogP contribution in [0.3, 0.4) is 0 Å². The van der Waals surface area contributed by atoms with Crippen molar-refractivity contribution in [2.75, 3.05) is 13.4 Å². The van der Waals surface area contributed by atoms with E-state index in [4.69, 9.17) is 14.2 Å². The number of esters is 1. The van der Waals surface area contributed by atoms with Gasteiger partial charge in [0.05, 0.1) is 6.61 Å². The lowest BCUT2D eigenvalue weighted by Gasteiger charge is -2.04. The molecule has 1 aromatic heterocycles. The number of aromatic nitrogens is 3. The van der Waals surface area contributed by atoms with E-state index in [0.29, 0.717) is 34.6 Å². The van der Waals surface area contributed by atoms with Crippen LogP contribution >= 0.6 is 0 Å². The van der Waals surface area contributed by atoms with Crippen molar-refractivity contribution in [2.24, 2.45) is 0 Å². The molecular weight excluding hydrogens is 338 g/mol. The molecule has 132 valence electrons. The van der Waals surface area contributed by atoms with Crippen LogP contribution in [0.25, 0.3) is 16.7 Å². The van der Waals surface area contributed by atoms with Gasteiger partial charge in [0.25, 0.3) is 0 Å². The van der Waals surface area contributed by atoms with E-state index in [1.807, 2.05) is 18.2 Å². The number of carbonyl (C=O) groups is 1. The summed E-state index contributed by atoms with van der Waals surface area (Å²) >= 11 is 0. The van der Waals surface area contributed by atoms with Gasteiger partial charge in [0.15, 0.2) is 11.5 Å². The highest BCUT2D eigenvalue weighted by atomic mass is 16.7. The number of fused-ring (bicyclic) bond motifs is 2. The summed E-state index contributed by atoms with van der Waals surface area (Å²) in [6.45, 7) is 3.73. The molecule has 2 heterocycles. The summed E-state index contributed by atoms with van der Waals surface area (Å²) in [7, 11) is 0. The summed E-state index contributed by atoms with van der Waals surface area (Å²) < 4.78 is 15.5. The van der Waals surface area contributed by atoms with E-state index < -0.39 is 5.97 Å². The van der Waals surface area contributed by atoms with Crippen molar-refractivity contribution in [1.82, 2.24) is 15.0 Å². The van der Waals surface area contributed by atoms with Gasteiger partial charge in [0.2, 0.25) is 6.79 Å². The highest BCUT2D eigenvalue weighted by Gasteiger charge is 2.19. The van der Waals surface area contributed by atoms with Crippen LogP contribution in [-0.4, -0.2) is 39.5 Å². The number of ether oxygens (including phenoxy) is 3. The fourth-order valence-electron chi connectivity index (χ4n) is 2.63. The van der Waals surface area contributed by atoms with Crippen molar-refractivity contribution < 1.29 is 24.1 Å². The highest BCUT2D eigenvalue weighted by Crippen LogP contribution is 2.38. The smallest absolute Gasteiger partial charge is 0.330 e. The fourth-order valence-corrected chi connectivity index (χ4v) is 2.63. The van der Waals surface area contributed by atoms with Gasteiger partial charge in [-0.05, 0) is 17.7 Å². The molecule has 0 saturated carbocycles. The van der Waals surface area contributed by atoms with Crippen LogP contribution in [0.5, 0.6) is 17.2 Å². The highest BCUT2D eigenvalue weighted by molar-refractivity contribution is 5.81. The van der Waals surface area contributed by atoms with Gasteiger partial charge in [-0.2, -0.15) is 0 Å². The minimum Gasteiger partial charge on any atom is -0.505 e. The normalized spacial score (nSPS) is 12.3. The lowest BCUT2D eigenvalue weighted by Crippen LogP contribution is -2.04. The standard InChI is InChI=1S/C18H15N3O5/c1-2-18(23)24-6-5-11-3-4-12-13(7-11)20-21(19-12)14-8-16-17(9-15(14)22)26-10-25-16/h2-4,7-9,22H,1,5-6,10H2. The predicted molar refractivity (Wildman–Crippen MR) is 91.5 cm³/mol. The number of nitrogens with zero attached hydrogens (tertiary/aromatic N) is 3. The average molecular weight is 353 g/mol. The van der Waals surface area contributed by atoms with Gasteiger partial charge in [0, 0.05) is 24.6 Å². The fraction of sp³-hybridized carbons (Fsp3) is 0.167. The summed E-state index contributed by atoms with van der Waals surface area (Å²) in [4.78, 5) is 12.4. The first kappa shape index (κ1) is 15.9. The summed E-state index contributed by atoms with van der Waals surface area (Å²) in [5.74, 6) is 0.560. The number of phenols is 1. The molecule has 0 radical (unpaired) electrons. The molecule has 0 spiro atoms. The van der Waals surface area contributed by atoms with Crippen molar-refractivity contribution in [3.8, 4) is 22.9 Å². The number of hydrogen-bond acceptors (Lipinski definition) is 7. The summed E-state index contributed by atoms with van der Waals surface area (Å²) in [6, 6.07) is 8.69. The van der Waals surface area contributed by atoms with Gasteiger partial charge in [0.1, 0.15) is 22.5 Å². The van der Waals surface area contributed by atoms with Gasteiger partial charge >= 0.3 is 5.97 Å². The zero-order valence-electron chi connectivity index (χ0n) is 13.7. The summed E-state index contributed by atoms with van der Waals surface area (Å²) in [5.41, 5.74) is 2.69. The Morgan fingerprint density at radius 3 is 2.81 bits per heavy atom. The molecule has 0 amide bonds. The molecule has 0 aliphatic carbocycles. The number of benzene rings is 2. The van der Waals surface area contributed by atoms with Crippen molar-refractivity contribution in [2.45, 2.75) is 6.42 Å². The van der Waals surface area contributed by atoms with Crippen molar-refractivity contribution in [1.29, 1.82) is 0 Å². The van der Waals surface area contributed by atoms with Crippen molar-refractivity contribution >= 4 is 17.0 Å². The minimum absolute atomic E-state index is 0.00822. The molecular formula is C18H15N3O5. The van der Waals surface area contributed by atoms with Crippen LogP contribution in [0, 0.1) is 0 Å². The number of rotatable bonds is 5. The Morgan fingerprint density at radius 2 is 2.00 bits per heavy atom. The lowest BCUT2D eigenvalue weighted by molar-refractivity contribution is -0.137. The maximum Gasteiger partial charge on any atom is 0.330 e. The number of hydrogen-bond donors (Lipinski definition) is 1. The molecule has 0 saturated heterocycles. The second-order valence-electron chi connectivity index (χ2n) is 5.63. The maximum atomic E-state index is 11.1. The monoisotopic (exact) mass is 353 g/mol. The molecule has 8 heteroatoms. The van der Waals surface area contributed by atoms with Crippen molar-refractivity contribution in [3.05, 3.63) is 48.6 Å². The Labute approximate surface area is 148 Å². The summed E-state index contributed by atoms with van der Waals surface area (Å²) in [5, 5.41) is 19.0. The Bertz CT molecular complexity index is 1010. The quantitative estimate of drug-likeness (QED) is 0.554. The Kier molecular flexibility index (Phi) is 3.92. The molecule has 1 aliphatic heterocycles. The van der Waals surface area contributed by atoms with Crippen LogP contribution in [0.15, 0.2) is 43.0 Å². The minimum atomic E-state index is -0.449. The van der Waals surface area contributed by atoms with Crippen LogP contribution in [0.1, 0.15) is 5.56 Å². The third kappa shape index (κ3) is 2.92. The average Bonchev–Trinajstić information content (AvgIpc) is 3.26. The largest absolute Gasteiger partial charge is 0.505 e. The van der Waals surface area contributed by atoms with Gasteiger partial charge in [-0.25, -0.2) is 4.79 Å². The van der Waals surface area contributed by atoms with E-state index in [2.05, 4.69) is 16.8 Å². The third-order valence-corrected chi connectivity index (χ3v) is 3.93. The predicted octanol–water partition coefficient (Wildman–Crippen LogP) is 2.13. The van der Waals surface area contributed by atoms with Gasteiger partial charge in [-0.15, -0.1) is 15.0 Å². The van der Waals surface area contributed by atoms with E-state index in [0.717, 1.165) is 11.6 Å². The van der Waals surface area contributed by atoms with Gasteiger partial charge < -0.3 is 19.3 Å². The maximum absolute atomic E-state index is 11.1. The SMILES string of the molecule is C=CC(=O)OCCc1ccc2nn(-c3cc4c(cc3O)OCO4)nc2c1. The molecule has 4 rings (SSSR count). The first-order valence-electron chi connectivity index (χ1n) is 7.92. The molecule has 2 aromatic carbocycles. The lowest BCUT2D eigenvalue weighted by atomic mass is 10.1. The van der Waals surface area contributed by atoms with E-state index in [-0.39, 0.29) is 19.1 Å². The van der Waals surface area contributed by atoms with Gasteiger partial charge in [-0.1, -0.05) is 12.6 Å². The third-order valence-electron chi connectivity index (χ3n) is 3.93. The van der Waals surface area contributed by atoms with Gasteiger partial charge in [-0.3, -0.25) is 0 Å². The first-order chi connectivity index (χ1) is 12.6. The van der Waals surface area contributed by atoms with E-state index >= 15 is 0 Å². The van der Waals surface area contributed by atoms with E-state index in [9.17, 15) is 9.90 Å². The number of aromatic hydroxyl groups is 1. The van der Waals surface area contributed by atoms with E-state index in [1.54, 1.807) is 6.07 Å². The number of carbonyl (C=O) groups excluding carboxylic acids is 1. The topological polar surface area (TPSA) is 95.7 Å². The Hall–Kier alpha value is -3.55. The summed E-state index contributed by atoms with van der Waals surface area (Å²) in [6.07, 6.45) is 1.68. The second kappa shape index (κ2) is 6.40. The second-order valence-corrected chi connectivity index (χ2v) is 5.63. The number of phenolic OH excluding ortho intramolecular Hbond substituents is 1. The molecule has 1 aliphatic rings. The van der Waals surface area contributed by atoms with Crippen LogP contribution in [0.4, 0.5) is 0 Å². The molecule has 3 aromatic rings. The van der Waals surface area contributed by atoms with Crippen LogP contribution in [-0.2, 0) is 16.0 Å². The molecule has 0 atom stereocenters. The van der Waals surface area contributed by atoms with E-state index in [1.165, 1.54) is 10.9 Å². The van der Waals surface area contributed by atoms with Crippen LogP contribution in [0.2, 0.25) is 0 Å². The van der Waals surface area contributed by atoms with Crippen molar-refractivity contribution in [3.63, 3.8) is 0 Å². The first-order valence-corrected chi connectivity index (χ1v) is 7.92. The van der Waals surface area contributed by atoms with Crippen LogP contribution < -0.4 is 9.47 Å². The Balaban J connectivity index is 1.60. The Morgan fingerprint density at radius 1 is 1.23 bits per heavy atom. The zero-order valence-corrected chi connectivity index (χ0v) is 13.7. The molecule has 0 bridgehead atoms. The molecule has 8 nitrogen and oxygen atoms in total. The molecule has 0 unspecified atom stereocenters. The molecule has 0 fully saturated rings. The molecule has 1 N–H and O–H groups in total. The molecule has 26 heavy (non-hydrogen) atoms.